The minimum Gasteiger partial charge on any atom is -0.378 e. The van der Waals surface area contributed by atoms with Crippen molar-refractivity contribution in [2.24, 2.45) is 0 Å². The molecule has 0 aliphatic carbocycles. The highest BCUT2D eigenvalue weighted by Gasteiger charge is 2.35. The van der Waals surface area contributed by atoms with Gasteiger partial charge in [0, 0.05) is 5.69 Å². The number of anilines is 1. The van der Waals surface area contributed by atoms with Gasteiger partial charge in [-0.05, 0) is 25.1 Å². The smallest absolute Gasteiger partial charge is 0.378 e. The Bertz CT molecular complexity index is 843. The number of hydrogen-bond donors (Lipinski definition) is 2. The van der Waals surface area contributed by atoms with Crippen LogP contribution >= 0.6 is 17.0 Å². The van der Waals surface area contributed by atoms with E-state index in [1.807, 2.05) is 0 Å². The van der Waals surface area contributed by atoms with Crippen molar-refractivity contribution in [3.63, 3.8) is 0 Å². The largest absolute Gasteiger partial charge is 0.417 e. The van der Waals surface area contributed by atoms with Crippen molar-refractivity contribution in [1.29, 1.82) is 5.26 Å². The van der Waals surface area contributed by atoms with Gasteiger partial charge in [-0.15, -0.1) is 17.0 Å². The Morgan fingerprint density at radius 3 is 2.58 bits per heavy atom. The summed E-state index contributed by atoms with van der Waals surface area (Å²) < 4.78 is 52.6. The van der Waals surface area contributed by atoms with E-state index in [0.717, 1.165) is 36.1 Å². The molecule has 1 aromatic carbocycles. The number of alkyl halides is 3. The van der Waals surface area contributed by atoms with Crippen molar-refractivity contribution in [1.82, 2.24) is 9.78 Å². The fourth-order valence-electron chi connectivity index (χ4n) is 2.03. The third-order valence-electron chi connectivity index (χ3n) is 3.26. The molecule has 0 aliphatic rings. The zero-order chi connectivity index (χ0) is 18.8. The van der Waals surface area contributed by atoms with Crippen LogP contribution < -0.4 is 5.32 Å². The summed E-state index contributed by atoms with van der Waals surface area (Å²) in [6, 6.07) is 4.04. The minimum absolute atomic E-state index is 0. The van der Waals surface area contributed by atoms with Crippen LogP contribution in [0, 0.1) is 17.1 Å². The van der Waals surface area contributed by atoms with Crippen molar-refractivity contribution in [3.05, 3.63) is 47.5 Å². The Kier molecular flexibility index (Phi) is 6.51. The highest BCUT2D eigenvalue weighted by atomic mass is 79.9. The molecular weight excluding hydrogens is 424 g/mol. The minimum atomic E-state index is -4.78. The second kappa shape index (κ2) is 7.84. The number of benzene rings is 1. The maximum Gasteiger partial charge on any atom is 0.417 e. The molecule has 0 aliphatic heterocycles. The molecule has 0 fully saturated rings. The summed E-state index contributed by atoms with van der Waals surface area (Å²) in [7, 11) is 0. The molecular formula is C15H13BrF4N4O2. The number of aromatic nitrogens is 2. The van der Waals surface area contributed by atoms with Crippen molar-refractivity contribution in [3.8, 4) is 6.07 Å². The van der Waals surface area contributed by atoms with E-state index in [1.165, 1.54) is 6.07 Å². The van der Waals surface area contributed by atoms with Gasteiger partial charge in [0.25, 0.3) is 5.91 Å². The summed E-state index contributed by atoms with van der Waals surface area (Å²) in [6.45, 7) is 0.696. The molecule has 140 valence electrons. The lowest BCUT2D eigenvalue weighted by Crippen LogP contribution is -2.43. The van der Waals surface area contributed by atoms with Crippen LogP contribution in [0.15, 0.2) is 30.6 Å². The molecule has 1 amide bonds. The standard InChI is InChI=1S/C15H12F4N4O2.BrH/c1-14(25,8-23-7-10(16)6-21-23)13(24)22-11-3-2-9(5-20)12(4-11)15(17,18)19;/h2-4,6-7,25H,8H2,1H3,(H,22,24);1H/t14-;/m0./s1. The number of rotatable bonds is 4. The highest BCUT2D eigenvalue weighted by molar-refractivity contribution is 8.93. The summed E-state index contributed by atoms with van der Waals surface area (Å²) in [6.07, 6.45) is -2.95. The summed E-state index contributed by atoms with van der Waals surface area (Å²) >= 11 is 0. The molecule has 2 N–H and O–H groups in total. The third kappa shape index (κ3) is 5.03. The van der Waals surface area contributed by atoms with Crippen LogP contribution in [0.25, 0.3) is 0 Å². The van der Waals surface area contributed by atoms with Gasteiger partial charge in [0.05, 0.1) is 36.1 Å². The van der Waals surface area contributed by atoms with E-state index >= 15 is 0 Å². The molecule has 26 heavy (non-hydrogen) atoms. The van der Waals surface area contributed by atoms with Crippen LogP contribution in [0.3, 0.4) is 0 Å². The number of nitriles is 1. The van der Waals surface area contributed by atoms with Gasteiger partial charge in [-0.1, -0.05) is 0 Å². The first-order valence-electron chi connectivity index (χ1n) is 6.86. The normalized spacial score (nSPS) is 13.3. The fraction of sp³-hybridized carbons (Fsp3) is 0.267. The number of aliphatic hydroxyl groups is 1. The first-order chi connectivity index (χ1) is 11.5. The zero-order valence-corrected chi connectivity index (χ0v) is 14.9. The number of nitrogens with one attached hydrogen (secondary N) is 1. The van der Waals surface area contributed by atoms with Gasteiger partial charge < -0.3 is 10.4 Å². The second-order valence-corrected chi connectivity index (χ2v) is 5.45. The topological polar surface area (TPSA) is 90.9 Å². The second-order valence-electron chi connectivity index (χ2n) is 5.45. The van der Waals surface area contributed by atoms with Crippen molar-refractivity contribution in [2.45, 2.75) is 25.2 Å². The Morgan fingerprint density at radius 2 is 2.08 bits per heavy atom. The van der Waals surface area contributed by atoms with E-state index in [0.29, 0.717) is 6.07 Å². The van der Waals surface area contributed by atoms with Gasteiger partial charge in [-0.25, -0.2) is 4.39 Å². The lowest BCUT2D eigenvalue weighted by molar-refractivity contribution is -0.138. The quantitative estimate of drug-likeness (QED) is 0.720. The predicted molar refractivity (Wildman–Crippen MR) is 87.9 cm³/mol. The van der Waals surface area contributed by atoms with Crippen LogP contribution in [-0.4, -0.2) is 26.4 Å². The molecule has 0 spiro atoms. The molecule has 0 unspecified atom stereocenters. The van der Waals surface area contributed by atoms with Crippen molar-refractivity contribution >= 4 is 28.6 Å². The molecule has 11 heteroatoms. The van der Waals surface area contributed by atoms with Crippen molar-refractivity contribution in [2.75, 3.05) is 5.32 Å². The molecule has 2 aromatic rings. The number of amides is 1. The Hall–Kier alpha value is -2.45. The lowest BCUT2D eigenvalue weighted by Gasteiger charge is -2.22. The highest BCUT2D eigenvalue weighted by Crippen LogP contribution is 2.33. The van der Waals surface area contributed by atoms with E-state index < -0.39 is 41.2 Å². The Balaban J connectivity index is 0.00000338. The summed E-state index contributed by atoms with van der Waals surface area (Å²) in [5, 5.41) is 24.6. The van der Waals surface area contributed by atoms with E-state index in [4.69, 9.17) is 5.26 Å². The first-order valence-corrected chi connectivity index (χ1v) is 6.86. The van der Waals surface area contributed by atoms with Gasteiger partial charge in [-0.2, -0.15) is 23.5 Å². The number of nitrogens with zero attached hydrogens (tertiary/aromatic N) is 3. The lowest BCUT2D eigenvalue weighted by atomic mass is 10.0. The van der Waals surface area contributed by atoms with Crippen LogP contribution in [0.2, 0.25) is 0 Å². The SMILES string of the molecule is Br.C[C@](O)(Cn1cc(F)cn1)C(=O)Nc1ccc(C#N)c(C(F)(F)F)c1. The van der Waals surface area contributed by atoms with Gasteiger partial charge in [0.15, 0.2) is 11.4 Å². The van der Waals surface area contributed by atoms with Crippen LogP contribution in [-0.2, 0) is 17.5 Å². The molecule has 1 atom stereocenters. The van der Waals surface area contributed by atoms with E-state index in [2.05, 4.69) is 10.4 Å². The average Bonchev–Trinajstić information content (AvgIpc) is 2.90. The number of carbonyl (C=O) groups is 1. The molecule has 0 bridgehead atoms. The molecule has 0 saturated heterocycles. The third-order valence-corrected chi connectivity index (χ3v) is 3.26. The van der Waals surface area contributed by atoms with Crippen LogP contribution in [0.1, 0.15) is 18.1 Å². The zero-order valence-electron chi connectivity index (χ0n) is 13.2. The monoisotopic (exact) mass is 436 g/mol. The molecule has 6 nitrogen and oxygen atoms in total. The van der Waals surface area contributed by atoms with Gasteiger partial charge >= 0.3 is 6.18 Å². The maximum atomic E-state index is 12.9. The Morgan fingerprint density at radius 1 is 1.42 bits per heavy atom. The molecule has 1 aromatic heterocycles. The van der Waals surface area contributed by atoms with E-state index in [9.17, 15) is 27.5 Å². The Labute approximate surface area is 155 Å². The fourth-order valence-corrected chi connectivity index (χ4v) is 2.03. The van der Waals surface area contributed by atoms with Crippen LogP contribution in [0.4, 0.5) is 23.2 Å². The van der Waals surface area contributed by atoms with Crippen LogP contribution in [0.5, 0.6) is 0 Å². The molecule has 0 saturated carbocycles. The van der Waals surface area contributed by atoms with Gasteiger partial charge in [0.1, 0.15) is 0 Å². The maximum absolute atomic E-state index is 12.9. The van der Waals surface area contributed by atoms with E-state index in [-0.39, 0.29) is 22.7 Å². The summed E-state index contributed by atoms with van der Waals surface area (Å²) in [4.78, 5) is 12.1. The first kappa shape index (κ1) is 21.6. The van der Waals surface area contributed by atoms with Gasteiger partial charge in [-0.3, -0.25) is 9.48 Å². The number of halogens is 5. The van der Waals surface area contributed by atoms with E-state index in [1.54, 1.807) is 0 Å². The summed E-state index contributed by atoms with van der Waals surface area (Å²) in [5.74, 6) is -1.68. The summed E-state index contributed by atoms with van der Waals surface area (Å²) in [5.41, 5.74) is -4.11. The molecule has 2 rings (SSSR count). The number of hydrogen-bond acceptors (Lipinski definition) is 4. The predicted octanol–water partition coefficient (Wildman–Crippen LogP) is 2.88. The molecule has 0 radical (unpaired) electrons. The molecule has 1 heterocycles. The average molecular weight is 437 g/mol. The van der Waals surface area contributed by atoms with Crippen molar-refractivity contribution < 1.29 is 27.5 Å². The number of carbonyl (C=O) groups excluding carboxylic acids is 1. The van der Waals surface area contributed by atoms with Gasteiger partial charge in [0.2, 0.25) is 0 Å².